The van der Waals surface area contributed by atoms with Gasteiger partial charge in [0.25, 0.3) is 5.91 Å². The summed E-state index contributed by atoms with van der Waals surface area (Å²) in [6.07, 6.45) is 2.42. The molecule has 3 aromatic rings. The van der Waals surface area contributed by atoms with Crippen molar-refractivity contribution in [1.29, 1.82) is 0 Å². The van der Waals surface area contributed by atoms with Crippen molar-refractivity contribution in [3.8, 4) is 0 Å². The highest BCUT2D eigenvalue weighted by atomic mass is 79.9. The van der Waals surface area contributed by atoms with Crippen LogP contribution in [0.5, 0.6) is 0 Å². The van der Waals surface area contributed by atoms with Gasteiger partial charge in [0.1, 0.15) is 5.37 Å². The molecule has 0 radical (unpaired) electrons. The highest BCUT2D eigenvalue weighted by molar-refractivity contribution is 9.10. The van der Waals surface area contributed by atoms with E-state index in [9.17, 15) is 9.59 Å². The van der Waals surface area contributed by atoms with Gasteiger partial charge in [-0.1, -0.05) is 70.5 Å². The maximum atomic E-state index is 12.4. The van der Waals surface area contributed by atoms with Gasteiger partial charge in [-0.2, -0.15) is 5.10 Å². The molecule has 1 atom stereocenters. The second kappa shape index (κ2) is 10.6. The molecule has 0 saturated carbocycles. The smallest absolute Gasteiger partial charge is 0.271 e. The minimum atomic E-state index is -0.277. The molecule has 3 aromatic carbocycles. The number of hydrazone groups is 1. The predicted octanol–water partition coefficient (Wildman–Crippen LogP) is 5.03. The van der Waals surface area contributed by atoms with E-state index < -0.39 is 0 Å². The number of benzene rings is 3. The lowest BCUT2D eigenvalue weighted by Gasteiger charge is -2.24. The van der Waals surface area contributed by atoms with Crippen LogP contribution in [-0.2, 0) is 11.2 Å². The number of carbonyl (C=O) groups excluding carboxylic acids is 2. The van der Waals surface area contributed by atoms with Crippen LogP contribution in [0.1, 0.15) is 32.4 Å². The Morgan fingerprint density at radius 1 is 1.06 bits per heavy atom. The summed E-state index contributed by atoms with van der Waals surface area (Å²) in [7, 11) is 0. The number of halogens is 1. The fraction of sp³-hybridized carbons (Fsp3) is 0.160. The monoisotopic (exact) mass is 507 g/mol. The van der Waals surface area contributed by atoms with E-state index in [4.69, 9.17) is 0 Å². The Kier molecular flexibility index (Phi) is 7.39. The zero-order chi connectivity index (χ0) is 22.3. The summed E-state index contributed by atoms with van der Waals surface area (Å²) in [4.78, 5) is 26.8. The molecule has 1 fully saturated rings. The molecule has 1 N–H and O–H groups in total. The van der Waals surface area contributed by atoms with Gasteiger partial charge in [0.05, 0.1) is 12.0 Å². The largest absolute Gasteiger partial charge is 0.326 e. The van der Waals surface area contributed by atoms with Crippen LogP contribution in [0.15, 0.2) is 88.4 Å². The molecule has 0 aromatic heterocycles. The quantitative estimate of drug-likeness (QED) is 0.360. The molecule has 1 aliphatic rings. The van der Waals surface area contributed by atoms with E-state index in [1.807, 2.05) is 59.5 Å². The van der Waals surface area contributed by atoms with Crippen LogP contribution in [0.2, 0.25) is 0 Å². The van der Waals surface area contributed by atoms with Crippen LogP contribution in [-0.4, -0.2) is 35.2 Å². The number of thioether (sulfide) groups is 1. The standard InChI is InChI=1S/C25H22BrN3O2S/c26-22-12-6-19(7-13-22)16-27-28-24(31)20-8-10-21(11-9-20)25-29(23(30)17-32-25)15-14-18-4-2-1-3-5-18/h1-13,16,25H,14-15,17H2,(H,28,31)/b27-16+. The first kappa shape index (κ1) is 22.3. The van der Waals surface area contributed by atoms with Crippen molar-refractivity contribution >= 4 is 45.7 Å². The highest BCUT2D eigenvalue weighted by Crippen LogP contribution is 2.38. The molecule has 0 aliphatic carbocycles. The molecule has 2 amide bonds. The Bertz CT molecular complexity index is 1100. The van der Waals surface area contributed by atoms with Gasteiger partial charge in [-0.05, 0) is 47.4 Å². The third kappa shape index (κ3) is 5.66. The molecule has 4 rings (SSSR count). The molecule has 1 unspecified atom stereocenters. The lowest BCUT2D eigenvalue weighted by atomic mass is 10.1. The SMILES string of the molecule is O=C(N/N=C/c1ccc(Br)cc1)c1ccc(C2SCC(=O)N2CCc2ccccc2)cc1. The number of nitrogens with one attached hydrogen (secondary N) is 1. The lowest BCUT2D eigenvalue weighted by Crippen LogP contribution is -2.30. The Balaban J connectivity index is 1.36. The Hall–Kier alpha value is -2.90. The Labute approximate surface area is 200 Å². The maximum absolute atomic E-state index is 12.4. The molecular formula is C25H22BrN3O2S. The van der Waals surface area contributed by atoms with E-state index in [2.05, 4.69) is 38.6 Å². The van der Waals surface area contributed by atoms with Gasteiger partial charge in [0.15, 0.2) is 0 Å². The van der Waals surface area contributed by atoms with Gasteiger partial charge in [0.2, 0.25) is 5.91 Å². The van der Waals surface area contributed by atoms with Gasteiger partial charge in [-0.25, -0.2) is 5.43 Å². The summed E-state index contributed by atoms with van der Waals surface area (Å²) in [6.45, 7) is 0.674. The van der Waals surface area contributed by atoms with Crippen molar-refractivity contribution in [1.82, 2.24) is 10.3 Å². The molecule has 0 spiro atoms. The lowest BCUT2D eigenvalue weighted by molar-refractivity contribution is -0.128. The van der Waals surface area contributed by atoms with Crippen LogP contribution < -0.4 is 5.43 Å². The van der Waals surface area contributed by atoms with E-state index in [0.717, 1.165) is 22.0 Å². The van der Waals surface area contributed by atoms with Crippen LogP contribution >= 0.6 is 27.7 Å². The summed E-state index contributed by atoms with van der Waals surface area (Å²) in [6, 6.07) is 25.2. The van der Waals surface area contributed by atoms with Crippen LogP contribution in [0.4, 0.5) is 0 Å². The first-order valence-corrected chi connectivity index (χ1v) is 12.1. The molecular weight excluding hydrogens is 486 g/mol. The molecule has 5 nitrogen and oxygen atoms in total. The first-order valence-electron chi connectivity index (χ1n) is 10.2. The van der Waals surface area contributed by atoms with Crippen molar-refractivity contribution in [2.24, 2.45) is 5.10 Å². The number of nitrogens with zero attached hydrogens (tertiary/aromatic N) is 2. The van der Waals surface area contributed by atoms with Gasteiger partial charge in [-0.15, -0.1) is 11.8 Å². The molecule has 0 bridgehead atoms. The minimum absolute atomic E-state index is 0.0289. The number of hydrogen-bond donors (Lipinski definition) is 1. The predicted molar refractivity (Wildman–Crippen MR) is 133 cm³/mol. The molecule has 32 heavy (non-hydrogen) atoms. The second-order valence-electron chi connectivity index (χ2n) is 7.36. The van der Waals surface area contributed by atoms with Gasteiger partial charge in [-0.3, -0.25) is 9.59 Å². The Morgan fingerprint density at radius 2 is 1.78 bits per heavy atom. The normalized spacial score (nSPS) is 16.0. The topological polar surface area (TPSA) is 61.8 Å². The van der Waals surface area contributed by atoms with E-state index in [0.29, 0.717) is 17.9 Å². The number of rotatable bonds is 7. The third-order valence-corrected chi connectivity index (χ3v) is 6.94. The third-order valence-electron chi connectivity index (χ3n) is 5.16. The van der Waals surface area contributed by atoms with Crippen molar-refractivity contribution in [3.63, 3.8) is 0 Å². The van der Waals surface area contributed by atoms with E-state index >= 15 is 0 Å². The van der Waals surface area contributed by atoms with Crippen molar-refractivity contribution in [2.75, 3.05) is 12.3 Å². The molecule has 1 aliphatic heterocycles. The zero-order valence-corrected chi connectivity index (χ0v) is 19.7. The van der Waals surface area contributed by atoms with Gasteiger partial charge in [0, 0.05) is 16.6 Å². The van der Waals surface area contributed by atoms with E-state index in [-0.39, 0.29) is 17.2 Å². The van der Waals surface area contributed by atoms with Crippen LogP contribution in [0.3, 0.4) is 0 Å². The maximum Gasteiger partial charge on any atom is 0.271 e. The summed E-state index contributed by atoms with van der Waals surface area (Å²) < 4.78 is 0.986. The van der Waals surface area contributed by atoms with E-state index in [1.54, 1.807) is 30.1 Å². The van der Waals surface area contributed by atoms with Crippen LogP contribution in [0.25, 0.3) is 0 Å². The van der Waals surface area contributed by atoms with Gasteiger partial charge < -0.3 is 4.90 Å². The Morgan fingerprint density at radius 3 is 2.50 bits per heavy atom. The summed E-state index contributed by atoms with van der Waals surface area (Å²) in [5, 5.41) is 4.00. The number of carbonyl (C=O) groups is 2. The minimum Gasteiger partial charge on any atom is -0.326 e. The van der Waals surface area contributed by atoms with Crippen molar-refractivity contribution in [2.45, 2.75) is 11.8 Å². The molecule has 162 valence electrons. The second-order valence-corrected chi connectivity index (χ2v) is 9.34. The van der Waals surface area contributed by atoms with Gasteiger partial charge >= 0.3 is 0 Å². The zero-order valence-electron chi connectivity index (χ0n) is 17.3. The van der Waals surface area contributed by atoms with Crippen LogP contribution in [0, 0.1) is 0 Å². The van der Waals surface area contributed by atoms with Crippen molar-refractivity contribution < 1.29 is 9.59 Å². The highest BCUT2D eigenvalue weighted by Gasteiger charge is 2.32. The number of amides is 2. The first-order chi connectivity index (χ1) is 15.6. The summed E-state index contributed by atoms with van der Waals surface area (Å²) in [5.41, 5.74) is 6.20. The fourth-order valence-corrected chi connectivity index (χ4v) is 4.93. The molecule has 1 saturated heterocycles. The summed E-state index contributed by atoms with van der Waals surface area (Å²) in [5.74, 6) is 0.355. The number of hydrogen-bond acceptors (Lipinski definition) is 4. The van der Waals surface area contributed by atoms with E-state index in [1.165, 1.54) is 5.56 Å². The molecule has 1 heterocycles. The summed E-state index contributed by atoms with van der Waals surface area (Å²) >= 11 is 5.01. The average molecular weight is 508 g/mol. The van der Waals surface area contributed by atoms with Crippen molar-refractivity contribution in [3.05, 3.63) is 106 Å². The fourth-order valence-electron chi connectivity index (χ4n) is 3.44. The average Bonchev–Trinajstić information content (AvgIpc) is 3.20. The molecule has 7 heteroatoms.